The molecule has 30 heavy (non-hydrogen) atoms. The van der Waals surface area contributed by atoms with E-state index in [9.17, 15) is 9.59 Å². The number of benzene rings is 1. The molecule has 1 aliphatic heterocycles. The summed E-state index contributed by atoms with van der Waals surface area (Å²) in [6.07, 6.45) is 6.26. The number of carbonyl (C=O) groups is 2. The highest BCUT2D eigenvalue weighted by Crippen LogP contribution is 2.26. The third kappa shape index (κ3) is 8.08. The molecule has 1 aliphatic rings. The maximum atomic E-state index is 9.55. The van der Waals surface area contributed by atoms with Crippen molar-refractivity contribution in [2.45, 2.75) is 32.6 Å². The Morgan fingerprint density at radius 2 is 1.73 bits per heavy atom. The molecule has 0 spiro atoms. The van der Waals surface area contributed by atoms with Crippen LogP contribution in [0.4, 0.5) is 0 Å². The molecule has 0 saturated carbocycles. The summed E-state index contributed by atoms with van der Waals surface area (Å²) in [6.45, 7) is 6.43. The first-order chi connectivity index (χ1) is 14.5. The summed E-state index contributed by atoms with van der Waals surface area (Å²) in [4.78, 5) is 21.6. The van der Waals surface area contributed by atoms with Gasteiger partial charge in [0.1, 0.15) is 0 Å². The lowest BCUT2D eigenvalue weighted by Gasteiger charge is -2.26. The summed E-state index contributed by atoms with van der Waals surface area (Å²) in [5, 5.41) is 23.0. The predicted molar refractivity (Wildman–Crippen MR) is 114 cm³/mol. The van der Waals surface area contributed by atoms with Gasteiger partial charge in [-0.2, -0.15) is 0 Å². The Hall–Kier alpha value is -3.13. The van der Waals surface area contributed by atoms with Gasteiger partial charge in [-0.3, -0.25) is 5.10 Å². The first-order valence-corrected chi connectivity index (χ1v) is 10.1. The molecule has 2 aromatic rings. The Balaban J connectivity index is 0.000000343. The summed E-state index contributed by atoms with van der Waals surface area (Å²) in [7, 11) is 0. The highest BCUT2D eigenvalue weighted by Gasteiger charge is 2.12. The van der Waals surface area contributed by atoms with Gasteiger partial charge in [0.15, 0.2) is 0 Å². The summed E-state index contributed by atoms with van der Waals surface area (Å²) >= 11 is 0. The zero-order chi connectivity index (χ0) is 21.8. The van der Waals surface area contributed by atoms with Crippen LogP contribution in [0.15, 0.2) is 42.5 Å². The second kappa shape index (κ2) is 12.4. The Kier molecular flexibility index (Phi) is 9.60. The van der Waals surface area contributed by atoms with Crippen LogP contribution in [0.3, 0.4) is 0 Å². The van der Waals surface area contributed by atoms with Crippen LogP contribution in [0, 0.1) is 6.92 Å². The van der Waals surface area contributed by atoms with E-state index < -0.39 is 11.9 Å². The quantitative estimate of drug-likeness (QED) is 0.447. The standard InChI is InChI=1S/C18H25N3O.C4H4O4/c1-15-17(16-9-4-2-5-10-16)19-20-18(15)22-14-8-13-21-11-6-3-7-12-21;5-3(6)1-2-4(7)8/h2,4-5,9-10H,3,6-8,11-14H2,1H3,(H,19,20);1-2H,(H,5,6)(H,7,8)/b;2-1-. The molecule has 3 rings (SSSR count). The fourth-order valence-corrected chi connectivity index (χ4v) is 3.19. The Morgan fingerprint density at radius 1 is 1.10 bits per heavy atom. The number of carboxylic acid groups (broad SMARTS) is 2. The largest absolute Gasteiger partial charge is 0.478 e. The maximum Gasteiger partial charge on any atom is 0.328 e. The van der Waals surface area contributed by atoms with Crippen molar-refractivity contribution in [3.63, 3.8) is 0 Å². The van der Waals surface area contributed by atoms with Gasteiger partial charge in [-0.1, -0.05) is 36.8 Å². The summed E-state index contributed by atoms with van der Waals surface area (Å²) in [6, 6.07) is 10.3. The van der Waals surface area contributed by atoms with E-state index in [1.807, 2.05) is 18.2 Å². The van der Waals surface area contributed by atoms with Gasteiger partial charge < -0.3 is 19.8 Å². The van der Waals surface area contributed by atoms with Crippen molar-refractivity contribution in [3.05, 3.63) is 48.0 Å². The predicted octanol–water partition coefficient (Wildman–Crippen LogP) is 3.35. The van der Waals surface area contributed by atoms with Crippen molar-refractivity contribution in [1.82, 2.24) is 15.1 Å². The SMILES string of the molecule is Cc1c(OCCCN2CCCCC2)n[nH]c1-c1ccccc1.O=C(O)/C=C\C(=O)O. The zero-order valence-electron chi connectivity index (χ0n) is 17.2. The minimum absolute atomic E-state index is 0.558. The number of carboxylic acids is 2. The van der Waals surface area contributed by atoms with Gasteiger partial charge in [-0.25, -0.2) is 9.59 Å². The van der Waals surface area contributed by atoms with Gasteiger partial charge in [0.2, 0.25) is 5.88 Å². The number of hydrogen-bond donors (Lipinski definition) is 3. The van der Waals surface area contributed by atoms with Crippen LogP contribution in [0.5, 0.6) is 5.88 Å². The van der Waals surface area contributed by atoms with Crippen LogP contribution >= 0.6 is 0 Å². The number of likely N-dealkylation sites (tertiary alicyclic amines) is 1. The van der Waals surface area contributed by atoms with Crippen molar-refractivity contribution in [2.24, 2.45) is 0 Å². The summed E-state index contributed by atoms with van der Waals surface area (Å²) < 4.78 is 5.86. The summed E-state index contributed by atoms with van der Waals surface area (Å²) in [5.41, 5.74) is 3.28. The molecule has 0 radical (unpaired) electrons. The van der Waals surface area contributed by atoms with E-state index >= 15 is 0 Å². The van der Waals surface area contributed by atoms with Gasteiger partial charge in [0.25, 0.3) is 0 Å². The number of hydrogen-bond acceptors (Lipinski definition) is 5. The molecule has 0 unspecified atom stereocenters. The zero-order valence-corrected chi connectivity index (χ0v) is 17.2. The first kappa shape index (κ1) is 23.2. The lowest BCUT2D eigenvalue weighted by molar-refractivity contribution is -0.134. The smallest absolute Gasteiger partial charge is 0.328 e. The normalized spacial score (nSPS) is 14.2. The van der Waals surface area contributed by atoms with E-state index in [2.05, 4.69) is 34.2 Å². The van der Waals surface area contributed by atoms with Crippen LogP contribution in [-0.4, -0.2) is 63.5 Å². The molecule has 8 nitrogen and oxygen atoms in total. The molecule has 0 aliphatic carbocycles. The van der Waals surface area contributed by atoms with Crippen molar-refractivity contribution < 1.29 is 24.5 Å². The fourth-order valence-electron chi connectivity index (χ4n) is 3.19. The summed E-state index contributed by atoms with van der Waals surface area (Å²) in [5.74, 6) is -1.78. The molecule has 8 heteroatoms. The molecule has 162 valence electrons. The molecule has 3 N–H and O–H groups in total. The highest BCUT2D eigenvalue weighted by molar-refractivity contribution is 5.89. The minimum Gasteiger partial charge on any atom is -0.478 e. The molecule has 0 atom stereocenters. The molecular formula is C22H29N3O5. The van der Waals surface area contributed by atoms with Crippen molar-refractivity contribution in [3.8, 4) is 17.1 Å². The van der Waals surface area contributed by atoms with Gasteiger partial charge in [-0.15, -0.1) is 5.10 Å². The minimum atomic E-state index is -1.26. The number of ether oxygens (including phenoxy) is 1. The van der Waals surface area contributed by atoms with Crippen molar-refractivity contribution in [1.29, 1.82) is 0 Å². The van der Waals surface area contributed by atoms with Crippen LogP contribution in [0.2, 0.25) is 0 Å². The van der Waals surface area contributed by atoms with Gasteiger partial charge in [-0.05, 0) is 44.8 Å². The average molecular weight is 415 g/mol. The van der Waals surface area contributed by atoms with E-state index in [1.54, 1.807) is 0 Å². The Labute approximate surface area is 176 Å². The van der Waals surface area contributed by atoms with Crippen molar-refractivity contribution >= 4 is 11.9 Å². The highest BCUT2D eigenvalue weighted by atomic mass is 16.5. The van der Waals surface area contributed by atoms with Crippen molar-refractivity contribution in [2.75, 3.05) is 26.2 Å². The topological polar surface area (TPSA) is 116 Å². The number of H-pyrrole nitrogens is 1. The van der Waals surface area contributed by atoms with E-state index in [0.717, 1.165) is 42.3 Å². The van der Waals surface area contributed by atoms with Crippen LogP contribution < -0.4 is 4.74 Å². The molecule has 1 fully saturated rings. The second-order valence-corrected chi connectivity index (χ2v) is 7.01. The lowest BCUT2D eigenvalue weighted by Crippen LogP contribution is -2.31. The molecule has 1 aromatic carbocycles. The fraction of sp³-hybridized carbons (Fsp3) is 0.409. The lowest BCUT2D eigenvalue weighted by atomic mass is 10.1. The monoisotopic (exact) mass is 415 g/mol. The number of aromatic amines is 1. The molecule has 1 aromatic heterocycles. The Morgan fingerprint density at radius 3 is 2.33 bits per heavy atom. The third-order valence-corrected chi connectivity index (χ3v) is 4.70. The first-order valence-electron chi connectivity index (χ1n) is 10.1. The van der Waals surface area contributed by atoms with Gasteiger partial charge in [0, 0.05) is 24.3 Å². The van der Waals surface area contributed by atoms with E-state index in [0.29, 0.717) is 12.2 Å². The molecule has 0 bridgehead atoms. The number of aromatic nitrogens is 2. The third-order valence-electron chi connectivity index (χ3n) is 4.70. The number of aliphatic carboxylic acids is 2. The van der Waals surface area contributed by atoms with Gasteiger partial charge >= 0.3 is 11.9 Å². The van der Waals surface area contributed by atoms with E-state index in [-0.39, 0.29) is 0 Å². The maximum absolute atomic E-state index is 9.55. The van der Waals surface area contributed by atoms with E-state index in [4.69, 9.17) is 14.9 Å². The van der Waals surface area contributed by atoms with Crippen LogP contribution in [0.25, 0.3) is 11.3 Å². The number of nitrogens with one attached hydrogen (secondary N) is 1. The van der Waals surface area contributed by atoms with E-state index in [1.165, 1.54) is 32.4 Å². The number of nitrogens with zero attached hydrogens (tertiary/aromatic N) is 2. The molecule has 1 saturated heterocycles. The number of rotatable bonds is 8. The van der Waals surface area contributed by atoms with Crippen LogP contribution in [-0.2, 0) is 9.59 Å². The van der Waals surface area contributed by atoms with Crippen LogP contribution in [0.1, 0.15) is 31.2 Å². The number of piperidine rings is 1. The Bertz CT molecular complexity index is 811. The molecule has 2 heterocycles. The molecular weight excluding hydrogens is 386 g/mol. The second-order valence-electron chi connectivity index (χ2n) is 7.01. The van der Waals surface area contributed by atoms with Gasteiger partial charge in [0.05, 0.1) is 12.3 Å². The average Bonchev–Trinajstić information content (AvgIpc) is 3.12. The molecule has 0 amide bonds.